The third kappa shape index (κ3) is 2.20. The van der Waals surface area contributed by atoms with Gasteiger partial charge in [-0.1, -0.05) is 6.92 Å². The van der Waals surface area contributed by atoms with Crippen LogP contribution >= 0.6 is 0 Å². The van der Waals surface area contributed by atoms with Crippen LogP contribution in [0.3, 0.4) is 0 Å². The van der Waals surface area contributed by atoms with E-state index in [-0.39, 0.29) is 0 Å². The summed E-state index contributed by atoms with van der Waals surface area (Å²) in [7, 11) is 0. The first-order valence-corrected chi connectivity index (χ1v) is 5.24. The molecular weight excluding hydrogens is 169 g/mol. The molecule has 0 aromatic heterocycles. The van der Waals surface area contributed by atoms with Crippen molar-refractivity contribution in [3.8, 4) is 0 Å². The van der Waals surface area contributed by atoms with Crippen molar-refractivity contribution in [1.29, 1.82) is 0 Å². The fraction of sp³-hybridized carbons (Fsp3) is 1.00. The molecule has 1 heterocycles. The fourth-order valence-corrected chi connectivity index (χ4v) is 1.93. The molecule has 2 rings (SSSR count). The predicted octanol–water partition coefficient (Wildman–Crippen LogP) is 1.60. The molecule has 2 aliphatic rings. The van der Waals surface area contributed by atoms with E-state index in [2.05, 4.69) is 11.8 Å². The van der Waals surface area contributed by atoms with Crippen LogP contribution < -0.4 is 0 Å². The molecule has 3 heteroatoms. The Labute approximate surface area is 79.1 Å². The summed E-state index contributed by atoms with van der Waals surface area (Å²) >= 11 is 0. The maximum Gasteiger partial charge on any atom is 0.123 e. The summed E-state index contributed by atoms with van der Waals surface area (Å²) in [5.41, 5.74) is -0.843. The SMILES string of the molecule is CCC1COCCN1CC1(F)CC1. The highest BCUT2D eigenvalue weighted by Crippen LogP contribution is 2.40. The van der Waals surface area contributed by atoms with Crippen LogP contribution in [0.15, 0.2) is 0 Å². The lowest BCUT2D eigenvalue weighted by molar-refractivity contribution is -0.0207. The topological polar surface area (TPSA) is 12.5 Å². The second-order valence-electron chi connectivity index (χ2n) is 4.26. The number of morpholine rings is 1. The lowest BCUT2D eigenvalue weighted by Gasteiger charge is -2.35. The van der Waals surface area contributed by atoms with Crippen LogP contribution in [0.4, 0.5) is 4.39 Å². The Hall–Kier alpha value is -0.150. The van der Waals surface area contributed by atoms with E-state index in [4.69, 9.17) is 4.74 Å². The van der Waals surface area contributed by atoms with E-state index < -0.39 is 5.67 Å². The first-order chi connectivity index (χ1) is 6.23. The van der Waals surface area contributed by atoms with E-state index in [1.807, 2.05) is 0 Å². The standard InChI is InChI=1S/C10H18FNO/c1-2-9-7-13-6-5-12(9)8-10(11)3-4-10/h9H,2-8H2,1H3. The highest BCUT2D eigenvalue weighted by molar-refractivity contribution is 4.98. The van der Waals surface area contributed by atoms with Gasteiger partial charge >= 0.3 is 0 Å². The Morgan fingerprint density at radius 2 is 2.31 bits per heavy atom. The van der Waals surface area contributed by atoms with Gasteiger partial charge in [-0.3, -0.25) is 4.90 Å². The summed E-state index contributed by atoms with van der Waals surface area (Å²) in [5, 5.41) is 0. The molecule has 2 fully saturated rings. The van der Waals surface area contributed by atoms with Gasteiger partial charge in [0.15, 0.2) is 0 Å². The van der Waals surface area contributed by atoms with E-state index in [1.54, 1.807) is 0 Å². The lowest BCUT2D eigenvalue weighted by atomic mass is 10.1. The van der Waals surface area contributed by atoms with Crippen LogP contribution in [0, 0.1) is 0 Å². The van der Waals surface area contributed by atoms with Gasteiger partial charge in [-0.15, -0.1) is 0 Å². The zero-order valence-electron chi connectivity index (χ0n) is 8.26. The van der Waals surface area contributed by atoms with Crippen LogP contribution in [0.5, 0.6) is 0 Å². The molecule has 13 heavy (non-hydrogen) atoms. The van der Waals surface area contributed by atoms with Gasteiger partial charge in [-0.05, 0) is 19.3 Å². The van der Waals surface area contributed by atoms with Crippen molar-refractivity contribution in [1.82, 2.24) is 4.90 Å². The number of halogens is 1. The molecule has 0 bridgehead atoms. The van der Waals surface area contributed by atoms with Gasteiger partial charge < -0.3 is 4.74 Å². The molecule has 0 radical (unpaired) electrons. The first-order valence-electron chi connectivity index (χ1n) is 5.24. The molecule has 0 spiro atoms. The van der Waals surface area contributed by atoms with Crippen molar-refractivity contribution in [2.75, 3.05) is 26.3 Å². The Balaban J connectivity index is 1.87. The third-order valence-electron chi connectivity index (χ3n) is 3.10. The minimum Gasteiger partial charge on any atom is -0.378 e. The summed E-state index contributed by atoms with van der Waals surface area (Å²) in [6.45, 7) is 5.24. The largest absolute Gasteiger partial charge is 0.378 e. The van der Waals surface area contributed by atoms with E-state index in [0.717, 1.165) is 39.0 Å². The number of rotatable bonds is 3. The summed E-state index contributed by atoms with van der Waals surface area (Å²) in [6.07, 6.45) is 2.59. The van der Waals surface area contributed by atoms with E-state index in [9.17, 15) is 4.39 Å². The van der Waals surface area contributed by atoms with Crippen LogP contribution in [0.2, 0.25) is 0 Å². The Morgan fingerprint density at radius 1 is 1.54 bits per heavy atom. The van der Waals surface area contributed by atoms with Crippen LogP contribution in [-0.2, 0) is 4.74 Å². The predicted molar refractivity (Wildman–Crippen MR) is 49.5 cm³/mol. The number of ether oxygens (including phenoxy) is 1. The number of hydrogen-bond acceptors (Lipinski definition) is 2. The van der Waals surface area contributed by atoms with Crippen molar-refractivity contribution >= 4 is 0 Å². The highest BCUT2D eigenvalue weighted by Gasteiger charge is 2.45. The average Bonchev–Trinajstić information content (AvgIpc) is 2.84. The Kier molecular flexibility index (Phi) is 2.56. The van der Waals surface area contributed by atoms with E-state index >= 15 is 0 Å². The molecule has 1 saturated heterocycles. The van der Waals surface area contributed by atoms with Crippen LogP contribution in [-0.4, -0.2) is 42.9 Å². The van der Waals surface area contributed by atoms with Crippen LogP contribution in [0.25, 0.3) is 0 Å². The monoisotopic (exact) mass is 187 g/mol. The van der Waals surface area contributed by atoms with Gasteiger partial charge in [0.1, 0.15) is 5.67 Å². The van der Waals surface area contributed by atoms with Gasteiger partial charge in [0.05, 0.1) is 13.2 Å². The molecular formula is C10H18FNO. The molecule has 0 aromatic carbocycles. The summed E-state index contributed by atoms with van der Waals surface area (Å²) < 4.78 is 18.9. The lowest BCUT2D eigenvalue weighted by Crippen LogP contribution is -2.48. The van der Waals surface area contributed by atoms with Crippen molar-refractivity contribution in [2.45, 2.75) is 37.9 Å². The van der Waals surface area contributed by atoms with Gasteiger partial charge in [0.25, 0.3) is 0 Å². The number of alkyl halides is 1. The molecule has 1 unspecified atom stereocenters. The quantitative estimate of drug-likeness (QED) is 0.665. The Bertz CT molecular complexity index is 182. The van der Waals surface area contributed by atoms with Crippen molar-refractivity contribution in [2.24, 2.45) is 0 Å². The van der Waals surface area contributed by atoms with E-state index in [0.29, 0.717) is 12.6 Å². The fourth-order valence-electron chi connectivity index (χ4n) is 1.93. The van der Waals surface area contributed by atoms with Crippen molar-refractivity contribution < 1.29 is 9.13 Å². The number of hydrogen-bond donors (Lipinski definition) is 0. The van der Waals surface area contributed by atoms with Crippen molar-refractivity contribution in [3.05, 3.63) is 0 Å². The normalized spacial score (nSPS) is 33.2. The van der Waals surface area contributed by atoms with Gasteiger partial charge in [0, 0.05) is 19.1 Å². The second kappa shape index (κ2) is 3.54. The smallest absolute Gasteiger partial charge is 0.123 e. The first kappa shape index (κ1) is 9.41. The molecule has 1 aliphatic carbocycles. The minimum atomic E-state index is -0.843. The molecule has 0 aromatic rings. The maximum atomic E-state index is 13.5. The van der Waals surface area contributed by atoms with Crippen LogP contribution in [0.1, 0.15) is 26.2 Å². The zero-order chi connectivity index (χ0) is 9.31. The molecule has 1 aliphatic heterocycles. The third-order valence-corrected chi connectivity index (χ3v) is 3.10. The molecule has 1 saturated carbocycles. The summed E-state index contributed by atoms with van der Waals surface area (Å²) in [4.78, 5) is 2.26. The molecule has 1 atom stereocenters. The highest BCUT2D eigenvalue weighted by atomic mass is 19.1. The van der Waals surface area contributed by atoms with Gasteiger partial charge in [0.2, 0.25) is 0 Å². The molecule has 2 nitrogen and oxygen atoms in total. The van der Waals surface area contributed by atoms with Crippen molar-refractivity contribution in [3.63, 3.8) is 0 Å². The average molecular weight is 187 g/mol. The summed E-state index contributed by atoms with van der Waals surface area (Å²) in [5.74, 6) is 0. The minimum absolute atomic E-state index is 0.446. The van der Waals surface area contributed by atoms with E-state index in [1.165, 1.54) is 0 Å². The molecule has 0 N–H and O–H groups in total. The van der Waals surface area contributed by atoms with Gasteiger partial charge in [-0.2, -0.15) is 0 Å². The zero-order valence-corrected chi connectivity index (χ0v) is 8.26. The second-order valence-corrected chi connectivity index (χ2v) is 4.26. The number of nitrogens with zero attached hydrogens (tertiary/aromatic N) is 1. The Morgan fingerprint density at radius 3 is 2.92 bits per heavy atom. The molecule has 76 valence electrons. The summed E-state index contributed by atoms with van der Waals surface area (Å²) in [6, 6.07) is 0.446. The molecule has 0 amide bonds. The van der Waals surface area contributed by atoms with Gasteiger partial charge in [-0.25, -0.2) is 4.39 Å². The maximum absolute atomic E-state index is 13.5.